The summed E-state index contributed by atoms with van der Waals surface area (Å²) in [4.78, 5) is 0.309. The molecule has 1 aromatic carbocycles. The van der Waals surface area contributed by atoms with E-state index in [2.05, 4.69) is 15.9 Å². The second kappa shape index (κ2) is 4.64. The molecule has 0 aromatic heterocycles. The summed E-state index contributed by atoms with van der Waals surface area (Å²) in [6, 6.07) is 4.69. The van der Waals surface area contributed by atoms with Crippen molar-refractivity contribution < 1.29 is 8.42 Å². The van der Waals surface area contributed by atoms with Crippen LogP contribution in [0.25, 0.3) is 0 Å². The molecule has 1 aromatic rings. The fraction of sp³-hybridized carbons (Fsp3) is 0.333. The minimum atomic E-state index is -3.16. The van der Waals surface area contributed by atoms with Gasteiger partial charge in [0.05, 0.1) is 10.6 Å². The van der Waals surface area contributed by atoms with Gasteiger partial charge in [0.1, 0.15) is 0 Å². The molecule has 0 atom stereocenters. The highest BCUT2D eigenvalue weighted by Crippen LogP contribution is 2.26. The summed E-state index contributed by atoms with van der Waals surface area (Å²) in [7, 11) is -3.16. The first-order chi connectivity index (χ1) is 6.47. The summed E-state index contributed by atoms with van der Waals surface area (Å²) < 4.78 is 23.9. The van der Waals surface area contributed by atoms with Crippen molar-refractivity contribution in [3.8, 4) is 0 Å². The Bertz CT molecular complexity index is 428. The average molecular weight is 298 g/mol. The van der Waals surface area contributed by atoms with Gasteiger partial charge in [0.25, 0.3) is 0 Å². The number of hydrogen-bond donors (Lipinski definition) is 0. The molecular weight excluding hydrogens is 288 g/mol. The lowest BCUT2D eigenvalue weighted by Gasteiger charge is -2.05. The van der Waals surface area contributed by atoms with Crippen LogP contribution in [0.15, 0.2) is 27.6 Å². The normalized spacial score (nSPS) is 11.6. The molecule has 0 aliphatic heterocycles. The maximum absolute atomic E-state index is 11.7. The van der Waals surface area contributed by atoms with Crippen molar-refractivity contribution in [2.75, 3.05) is 5.75 Å². The third-order valence-electron chi connectivity index (χ3n) is 1.70. The summed E-state index contributed by atoms with van der Waals surface area (Å²) in [5.41, 5.74) is 0. The molecule has 78 valence electrons. The molecule has 0 fully saturated rings. The molecule has 14 heavy (non-hydrogen) atoms. The number of benzene rings is 1. The summed E-state index contributed by atoms with van der Waals surface area (Å²) in [5, 5.41) is 0.521. The molecule has 0 heterocycles. The molecular formula is C9H10BrClO2S. The second-order valence-electron chi connectivity index (χ2n) is 2.89. The minimum absolute atomic E-state index is 0.160. The first-order valence-electron chi connectivity index (χ1n) is 4.15. The van der Waals surface area contributed by atoms with Crippen LogP contribution in [0.3, 0.4) is 0 Å². The van der Waals surface area contributed by atoms with Gasteiger partial charge in [-0.25, -0.2) is 8.42 Å². The van der Waals surface area contributed by atoms with Gasteiger partial charge in [-0.05, 0) is 40.5 Å². The average Bonchev–Trinajstić information content (AvgIpc) is 2.02. The van der Waals surface area contributed by atoms with Crippen LogP contribution in [0.5, 0.6) is 0 Å². The molecule has 0 unspecified atom stereocenters. The lowest BCUT2D eigenvalue weighted by Crippen LogP contribution is -2.06. The molecule has 0 N–H and O–H groups in total. The fourth-order valence-electron chi connectivity index (χ4n) is 1.11. The molecule has 0 saturated carbocycles. The van der Waals surface area contributed by atoms with Crippen molar-refractivity contribution in [2.45, 2.75) is 18.2 Å². The Labute approximate surface area is 97.3 Å². The van der Waals surface area contributed by atoms with E-state index in [4.69, 9.17) is 11.6 Å². The Morgan fingerprint density at radius 1 is 1.43 bits per heavy atom. The predicted octanol–water partition coefficient (Wildman–Crippen LogP) is 3.29. The van der Waals surface area contributed by atoms with Crippen LogP contribution in [-0.4, -0.2) is 14.2 Å². The van der Waals surface area contributed by atoms with Gasteiger partial charge in [-0.3, -0.25) is 0 Å². The van der Waals surface area contributed by atoms with Crippen molar-refractivity contribution in [3.63, 3.8) is 0 Å². The van der Waals surface area contributed by atoms with Crippen molar-refractivity contribution >= 4 is 37.4 Å². The van der Waals surface area contributed by atoms with E-state index in [1.807, 2.05) is 6.92 Å². The zero-order valence-electron chi connectivity index (χ0n) is 7.63. The monoisotopic (exact) mass is 296 g/mol. The molecule has 2 nitrogen and oxygen atoms in total. The largest absolute Gasteiger partial charge is 0.224 e. The van der Waals surface area contributed by atoms with Gasteiger partial charge in [0.2, 0.25) is 0 Å². The van der Waals surface area contributed by atoms with Crippen molar-refractivity contribution in [1.82, 2.24) is 0 Å². The first-order valence-corrected chi connectivity index (χ1v) is 6.97. The van der Waals surface area contributed by atoms with Crippen molar-refractivity contribution in [1.29, 1.82) is 0 Å². The van der Waals surface area contributed by atoms with Crippen LogP contribution < -0.4 is 0 Å². The van der Waals surface area contributed by atoms with Crippen LogP contribution in [-0.2, 0) is 9.84 Å². The predicted molar refractivity (Wildman–Crippen MR) is 61.5 cm³/mol. The smallest absolute Gasteiger partial charge is 0.179 e. The van der Waals surface area contributed by atoms with E-state index in [-0.39, 0.29) is 5.75 Å². The van der Waals surface area contributed by atoms with Crippen LogP contribution in [0.1, 0.15) is 13.3 Å². The molecule has 0 aliphatic rings. The fourth-order valence-corrected chi connectivity index (χ4v) is 3.92. The van der Waals surface area contributed by atoms with E-state index in [0.29, 0.717) is 20.8 Å². The van der Waals surface area contributed by atoms with Crippen molar-refractivity contribution in [3.05, 3.63) is 27.7 Å². The summed E-state index contributed by atoms with van der Waals surface area (Å²) in [5.74, 6) is 0.160. The molecule has 1 rings (SSSR count). The Morgan fingerprint density at radius 3 is 2.57 bits per heavy atom. The van der Waals surface area contributed by atoms with Crippen LogP contribution in [0, 0.1) is 0 Å². The Balaban J connectivity index is 3.20. The number of sulfone groups is 1. The Hall–Kier alpha value is -0.0600. The van der Waals surface area contributed by atoms with E-state index in [9.17, 15) is 8.42 Å². The van der Waals surface area contributed by atoms with E-state index in [0.717, 1.165) is 0 Å². The number of hydrogen-bond acceptors (Lipinski definition) is 2. The quantitative estimate of drug-likeness (QED) is 0.858. The van der Waals surface area contributed by atoms with Gasteiger partial charge in [-0.1, -0.05) is 18.5 Å². The number of halogens is 2. The summed E-state index contributed by atoms with van der Waals surface area (Å²) in [6.07, 6.45) is 0.609. The topological polar surface area (TPSA) is 34.1 Å². The van der Waals surface area contributed by atoms with Gasteiger partial charge in [-0.15, -0.1) is 0 Å². The maximum Gasteiger partial charge on any atom is 0.179 e. The first kappa shape index (κ1) is 12.0. The standard InChI is InChI=1S/C9H10BrClO2S/c1-2-5-14(12,13)9-4-3-7(11)6-8(9)10/h3-4,6H,2,5H2,1H3. The number of rotatable bonds is 3. The highest BCUT2D eigenvalue weighted by molar-refractivity contribution is 9.10. The van der Waals surface area contributed by atoms with Gasteiger partial charge >= 0.3 is 0 Å². The molecule has 0 bridgehead atoms. The lowest BCUT2D eigenvalue weighted by molar-refractivity contribution is 0.594. The van der Waals surface area contributed by atoms with Crippen LogP contribution in [0.2, 0.25) is 5.02 Å². The van der Waals surface area contributed by atoms with E-state index < -0.39 is 9.84 Å². The highest BCUT2D eigenvalue weighted by atomic mass is 79.9. The van der Waals surface area contributed by atoms with E-state index >= 15 is 0 Å². The third kappa shape index (κ3) is 2.72. The minimum Gasteiger partial charge on any atom is -0.224 e. The zero-order valence-corrected chi connectivity index (χ0v) is 10.8. The van der Waals surface area contributed by atoms with Gasteiger partial charge in [-0.2, -0.15) is 0 Å². The lowest BCUT2D eigenvalue weighted by atomic mass is 10.4. The van der Waals surface area contributed by atoms with Gasteiger partial charge in [0.15, 0.2) is 9.84 Å². The van der Waals surface area contributed by atoms with E-state index in [1.165, 1.54) is 6.07 Å². The second-order valence-corrected chi connectivity index (χ2v) is 6.26. The third-order valence-corrected chi connectivity index (χ3v) is 4.83. The highest BCUT2D eigenvalue weighted by Gasteiger charge is 2.16. The molecule has 0 saturated heterocycles. The SMILES string of the molecule is CCCS(=O)(=O)c1ccc(Cl)cc1Br. The van der Waals surface area contributed by atoms with Crippen molar-refractivity contribution in [2.24, 2.45) is 0 Å². The summed E-state index contributed by atoms with van der Waals surface area (Å²) in [6.45, 7) is 1.83. The van der Waals surface area contributed by atoms with Crippen LogP contribution in [0.4, 0.5) is 0 Å². The van der Waals surface area contributed by atoms with Crippen LogP contribution >= 0.6 is 27.5 Å². The van der Waals surface area contributed by atoms with Gasteiger partial charge < -0.3 is 0 Å². The Morgan fingerprint density at radius 2 is 2.07 bits per heavy atom. The summed E-state index contributed by atoms with van der Waals surface area (Å²) >= 11 is 8.91. The maximum atomic E-state index is 11.7. The van der Waals surface area contributed by atoms with Gasteiger partial charge in [0, 0.05) is 9.50 Å². The Kier molecular flexibility index (Phi) is 3.98. The molecule has 0 radical (unpaired) electrons. The molecule has 5 heteroatoms. The molecule has 0 spiro atoms. The molecule has 0 amide bonds. The van der Waals surface area contributed by atoms with E-state index in [1.54, 1.807) is 12.1 Å². The zero-order chi connectivity index (χ0) is 10.8. The molecule has 0 aliphatic carbocycles.